The fourth-order valence-corrected chi connectivity index (χ4v) is 4.82. The van der Waals surface area contributed by atoms with Crippen LogP contribution in [-0.2, 0) is 9.59 Å². The first-order valence-electron chi connectivity index (χ1n) is 10.2. The van der Waals surface area contributed by atoms with Crippen LogP contribution in [0.25, 0.3) is 0 Å². The number of amides is 2. The molecule has 2 fully saturated rings. The number of carbonyl (C=O) groups is 2. The van der Waals surface area contributed by atoms with Crippen LogP contribution in [0, 0.1) is 0 Å². The van der Waals surface area contributed by atoms with Gasteiger partial charge in [0.15, 0.2) is 13.2 Å². The molecule has 2 aromatic carbocycles. The van der Waals surface area contributed by atoms with Crippen molar-refractivity contribution >= 4 is 35.0 Å². The smallest absolute Gasteiger partial charge is 0.258 e. The molecule has 2 saturated carbocycles. The number of rotatable bonds is 8. The SMILES string of the molecule is O=C(COc1ccc(Cl)cc1)NC12CCC(NC(=O)COc3ccc(Cl)cc3)(CC1)C2. The van der Waals surface area contributed by atoms with Gasteiger partial charge in [0.25, 0.3) is 11.8 Å². The molecule has 0 spiro atoms. The maximum Gasteiger partial charge on any atom is 0.258 e. The Morgan fingerprint density at radius 3 is 1.42 bits per heavy atom. The first-order chi connectivity index (χ1) is 14.9. The van der Waals surface area contributed by atoms with Gasteiger partial charge < -0.3 is 20.1 Å². The summed E-state index contributed by atoms with van der Waals surface area (Å²) in [5.74, 6) is 0.865. The zero-order valence-corrected chi connectivity index (χ0v) is 18.5. The number of hydrogen-bond donors (Lipinski definition) is 2. The van der Waals surface area contributed by atoms with Gasteiger partial charge in [0.2, 0.25) is 0 Å². The fourth-order valence-electron chi connectivity index (χ4n) is 4.57. The number of halogens is 2. The number of fused-ring (bicyclic) bond motifs is 2. The van der Waals surface area contributed by atoms with Crippen molar-refractivity contribution < 1.29 is 19.1 Å². The van der Waals surface area contributed by atoms with Gasteiger partial charge >= 0.3 is 0 Å². The third-order valence-electron chi connectivity index (χ3n) is 6.02. The molecule has 8 heteroatoms. The first-order valence-corrected chi connectivity index (χ1v) is 11.0. The lowest BCUT2D eigenvalue weighted by molar-refractivity contribution is -0.125. The molecule has 0 saturated heterocycles. The highest BCUT2D eigenvalue weighted by atomic mass is 35.5. The Bertz CT molecular complexity index is 862. The second-order valence-electron chi connectivity index (χ2n) is 8.32. The molecule has 2 N–H and O–H groups in total. The minimum absolute atomic E-state index is 0.0579. The van der Waals surface area contributed by atoms with Gasteiger partial charge in [-0.25, -0.2) is 0 Å². The average molecular weight is 463 g/mol. The summed E-state index contributed by atoms with van der Waals surface area (Å²) >= 11 is 11.7. The summed E-state index contributed by atoms with van der Waals surface area (Å²) in [5, 5.41) is 7.51. The Kier molecular flexibility index (Phi) is 6.30. The highest BCUT2D eigenvalue weighted by Crippen LogP contribution is 2.50. The van der Waals surface area contributed by atoms with E-state index in [1.165, 1.54) is 0 Å². The fraction of sp³-hybridized carbons (Fsp3) is 0.391. The van der Waals surface area contributed by atoms with E-state index in [2.05, 4.69) is 10.6 Å². The molecule has 0 atom stereocenters. The molecule has 2 aliphatic carbocycles. The molecule has 31 heavy (non-hydrogen) atoms. The van der Waals surface area contributed by atoms with Crippen LogP contribution in [0.4, 0.5) is 0 Å². The van der Waals surface area contributed by atoms with Crippen molar-refractivity contribution in [3.05, 3.63) is 58.6 Å². The highest BCUT2D eigenvalue weighted by Gasteiger charge is 2.55. The predicted molar refractivity (Wildman–Crippen MR) is 119 cm³/mol. The van der Waals surface area contributed by atoms with Crippen molar-refractivity contribution in [2.75, 3.05) is 13.2 Å². The van der Waals surface area contributed by atoms with Crippen LogP contribution in [0.3, 0.4) is 0 Å². The molecular weight excluding hydrogens is 439 g/mol. The minimum Gasteiger partial charge on any atom is -0.484 e. The molecule has 4 rings (SSSR count). The maximum absolute atomic E-state index is 12.5. The number of hydrogen-bond acceptors (Lipinski definition) is 4. The largest absolute Gasteiger partial charge is 0.484 e. The lowest BCUT2D eigenvalue weighted by Crippen LogP contribution is -2.48. The van der Waals surface area contributed by atoms with Crippen LogP contribution >= 0.6 is 23.2 Å². The summed E-state index contributed by atoms with van der Waals surface area (Å²) in [5.41, 5.74) is -0.574. The van der Waals surface area contributed by atoms with Gasteiger partial charge in [-0.1, -0.05) is 23.2 Å². The lowest BCUT2D eigenvalue weighted by Gasteiger charge is -2.29. The van der Waals surface area contributed by atoms with Gasteiger partial charge in [-0.15, -0.1) is 0 Å². The van der Waals surface area contributed by atoms with Gasteiger partial charge in [-0.3, -0.25) is 9.59 Å². The topological polar surface area (TPSA) is 76.7 Å². The van der Waals surface area contributed by atoms with Crippen LogP contribution in [0.2, 0.25) is 10.0 Å². The normalized spacial score (nSPS) is 23.9. The van der Waals surface area contributed by atoms with E-state index in [1.54, 1.807) is 48.5 Å². The van der Waals surface area contributed by atoms with Crippen molar-refractivity contribution in [1.29, 1.82) is 0 Å². The molecule has 6 nitrogen and oxygen atoms in total. The van der Waals surface area contributed by atoms with Crippen molar-refractivity contribution in [3.8, 4) is 11.5 Å². The minimum atomic E-state index is -0.287. The van der Waals surface area contributed by atoms with Crippen molar-refractivity contribution in [3.63, 3.8) is 0 Å². The van der Waals surface area contributed by atoms with Crippen LogP contribution in [0.5, 0.6) is 11.5 Å². The molecule has 2 aromatic rings. The van der Waals surface area contributed by atoms with E-state index in [-0.39, 0.29) is 36.1 Å². The summed E-state index contributed by atoms with van der Waals surface area (Å²) < 4.78 is 11.1. The Morgan fingerprint density at radius 2 is 1.06 bits per heavy atom. The van der Waals surface area contributed by atoms with Crippen molar-refractivity contribution in [2.24, 2.45) is 0 Å². The molecule has 164 valence electrons. The zero-order chi connectivity index (χ0) is 21.9. The summed E-state index contributed by atoms with van der Waals surface area (Å²) in [4.78, 5) is 24.9. The Morgan fingerprint density at radius 1 is 0.710 bits per heavy atom. The van der Waals surface area contributed by atoms with Gasteiger partial charge in [-0.05, 0) is 80.6 Å². The number of nitrogens with one attached hydrogen (secondary N) is 2. The Balaban J connectivity index is 1.24. The molecule has 2 bridgehead atoms. The molecule has 0 unspecified atom stereocenters. The Hall–Kier alpha value is -2.44. The Labute approximate surface area is 191 Å². The second kappa shape index (κ2) is 8.97. The van der Waals surface area contributed by atoms with E-state index in [0.29, 0.717) is 21.5 Å². The quantitative estimate of drug-likeness (QED) is 0.617. The number of ether oxygens (including phenoxy) is 2. The number of benzene rings is 2. The van der Waals surface area contributed by atoms with Gasteiger partial charge in [0.05, 0.1) is 0 Å². The molecule has 0 aliphatic heterocycles. The van der Waals surface area contributed by atoms with Crippen LogP contribution in [-0.4, -0.2) is 36.1 Å². The standard InChI is InChI=1S/C23H24Cl2N2O4/c24-16-1-5-18(6-2-16)30-13-20(28)26-22-9-11-23(15-22,12-10-22)27-21(29)14-31-19-7-3-17(25)4-8-19/h1-8H,9-15H2,(H,26,28)(H,27,29). The van der Waals surface area contributed by atoms with Crippen molar-refractivity contribution in [2.45, 2.75) is 43.2 Å². The summed E-state index contributed by atoms with van der Waals surface area (Å²) in [6, 6.07) is 13.8. The van der Waals surface area contributed by atoms with Gasteiger partial charge in [-0.2, -0.15) is 0 Å². The summed E-state index contributed by atoms with van der Waals surface area (Å²) in [6.45, 7) is -0.116. The van der Waals surface area contributed by atoms with Crippen LogP contribution in [0.15, 0.2) is 48.5 Å². The molecular formula is C23H24Cl2N2O4. The van der Waals surface area contributed by atoms with E-state index >= 15 is 0 Å². The van der Waals surface area contributed by atoms with E-state index in [4.69, 9.17) is 32.7 Å². The second-order valence-corrected chi connectivity index (χ2v) is 9.19. The third kappa shape index (κ3) is 5.43. The number of carbonyl (C=O) groups excluding carboxylic acids is 2. The lowest BCUT2D eigenvalue weighted by atomic mass is 9.91. The highest BCUT2D eigenvalue weighted by molar-refractivity contribution is 6.30. The van der Waals surface area contributed by atoms with E-state index in [1.807, 2.05) is 0 Å². The predicted octanol–water partition coefficient (Wildman–Crippen LogP) is 4.14. The maximum atomic E-state index is 12.5. The van der Waals surface area contributed by atoms with Crippen molar-refractivity contribution in [1.82, 2.24) is 10.6 Å². The molecule has 2 amide bonds. The van der Waals surface area contributed by atoms with Crippen LogP contribution in [0.1, 0.15) is 32.1 Å². The average Bonchev–Trinajstić information content (AvgIpc) is 3.28. The zero-order valence-electron chi connectivity index (χ0n) is 17.0. The molecule has 2 aliphatic rings. The molecule has 0 aromatic heterocycles. The van der Waals surface area contributed by atoms with E-state index < -0.39 is 0 Å². The molecule has 0 heterocycles. The first kappa shape index (κ1) is 21.8. The summed E-state index contributed by atoms with van der Waals surface area (Å²) in [6.07, 6.45) is 4.05. The monoisotopic (exact) mass is 462 g/mol. The van der Waals surface area contributed by atoms with Crippen LogP contribution < -0.4 is 20.1 Å². The van der Waals surface area contributed by atoms with Gasteiger partial charge in [0, 0.05) is 21.1 Å². The summed E-state index contributed by atoms with van der Waals surface area (Å²) in [7, 11) is 0. The molecule has 0 radical (unpaired) electrons. The van der Waals surface area contributed by atoms with Gasteiger partial charge in [0.1, 0.15) is 11.5 Å². The van der Waals surface area contributed by atoms with E-state index in [0.717, 1.165) is 32.1 Å². The van der Waals surface area contributed by atoms with E-state index in [9.17, 15) is 9.59 Å². The third-order valence-corrected chi connectivity index (χ3v) is 6.52.